The van der Waals surface area contributed by atoms with Crippen molar-refractivity contribution in [2.75, 3.05) is 75.6 Å². The minimum absolute atomic E-state index is 0.0190. The van der Waals surface area contributed by atoms with Crippen molar-refractivity contribution >= 4 is 57.2 Å². The predicted molar refractivity (Wildman–Crippen MR) is 202 cm³/mol. The SMILES string of the molecule is CCN(C(=O)[C@@H]1CCN(CC(=O)N2CC=C(c3ccc(C(N)=NC=NC)cc3)CC2)C1)c1ccc(N)c(C(=N)C2CCS([OH2+])(OC)CC2)c1. The molecule has 2 amide bonds. The summed E-state index contributed by atoms with van der Waals surface area (Å²) in [5.41, 5.74) is 17.9. The van der Waals surface area contributed by atoms with Crippen molar-refractivity contribution in [1.82, 2.24) is 9.80 Å². The van der Waals surface area contributed by atoms with Gasteiger partial charge in [-0.25, -0.2) is 4.99 Å². The Labute approximate surface area is 291 Å². The van der Waals surface area contributed by atoms with Crippen LogP contribution in [0.25, 0.3) is 5.57 Å². The van der Waals surface area contributed by atoms with Gasteiger partial charge in [0.1, 0.15) is 12.2 Å². The standard InChI is InChI=1S/C36H50N8O4S/c1-4-44(30-9-10-32(37)31(21-30)34(38)27-14-19-49(47,48-3)20-15-27)36(46)29-11-16-42(22-29)23-33(45)43-17-12-26(13-18-43)25-5-7-28(8-6-25)35(39)41-24-40-2/h5-10,12,21,24,27,29,38,47H,4,11,13-20,22-23,37H2,1-3H3,(H2,39,40,41)/p+1/t29-/m1/s1. The number of carbonyl (C=O) groups is 2. The van der Waals surface area contributed by atoms with Crippen LogP contribution in [0.3, 0.4) is 0 Å². The van der Waals surface area contributed by atoms with Crippen LogP contribution >= 0.6 is 10.6 Å². The molecule has 3 aliphatic heterocycles. The number of nitrogen functional groups attached to an aromatic ring is 1. The molecule has 0 radical (unpaired) electrons. The molecule has 0 spiro atoms. The summed E-state index contributed by atoms with van der Waals surface area (Å²) in [6.45, 7) is 5.17. The van der Waals surface area contributed by atoms with Crippen LogP contribution in [0.2, 0.25) is 0 Å². The van der Waals surface area contributed by atoms with Crippen molar-refractivity contribution in [3.05, 3.63) is 65.2 Å². The van der Waals surface area contributed by atoms with E-state index in [-0.39, 0.29) is 23.7 Å². The van der Waals surface area contributed by atoms with E-state index in [4.69, 9.17) is 25.6 Å². The third-order valence-corrected chi connectivity index (χ3v) is 12.4. The molecule has 3 aliphatic rings. The van der Waals surface area contributed by atoms with Crippen molar-refractivity contribution in [2.45, 2.75) is 32.6 Å². The Morgan fingerprint density at radius 3 is 2.49 bits per heavy atom. The number of nitrogens with one attached hydrogen (secondary N) is 1. The quantitative estimate of drug-likeness (QED) is 0.141. The molecule has 13 heteroatoms. The van der Waals surface area contributed by atoms with Crippen LogP contribution in [0.1, 0.15) is 49.3 Å². The fraction of sp³-hybridized carbons (Fsp3) is 0.472. The van der Waals surface area contributed by atoms with Crippen LogP contribution in [-0.4, -0.2) is 109 Å². The first-order chi connectivity index (χ1) is 23.6. The molecule has 5 rings (SSSR count). The molecule has 2 aromatic carbocycles. The Morgan fingerprint density at radius 1 is 1.12 bits per heavy atom. The monoisotopic (exact) mass is 691 g/mol. The lowest BCUT2D eigenvalue weighted by Crippen LogP contribution is -2.42. The van der Waals surface area contributed by atoms with Crippen LogP contribution in [0.15, 0.2) is 58.5 Å². The van der Waals surface area contributed by atoms with Crippen molar-refractivity contribution < 1.29 is 18.3 Å². The molecular formula is C36H51N8O4S+. The first-order valence-corrected chi connectivity index (χ1v) is 18.9. The highest BCUT2D eigenvalue weighted by Crippen LogP contribution is 2.50. The van der Waals surface area contributed by atoms with Gasteiger partial charge in [-0.15, -0.1) is 10.6 Å². The van der Waals surface area contributed by atoms with E-state index in [9.17, 15) is 9.59 Å². The molecule has 49 heavy (non-hydrogen) atoms. The van der Waals surface area contributed by atoms with Gasteiger partial charge < -0.3 is 31.2 Å². The molecule has 1 atom stereocenters. The molecule has 0 aliphatic carbocycles. The van der Waals surface area contributed by atoms with Gasteiger partial charge in [0, 0.05) is 67.4 Å². The van der Waals surface area contributed by atoms with Crippen LogP contribution in [0.5, 0.6) is 0 Å². The van der Waals surface area contributed by atoms with Gasteiger partial charge >= 0.3 is 0 Å². The fourth-order valence-corrected chi connectivity index (χ4v) is 8.76. The molecular weight excluding hydrogens is 641 g/mol. The Morgan fingerprint density at radius 2 is 1.86 bits per heavy atom. The van der Waals surface area contributed by atoms with Crippen molar-refractivity contribution in [3.8, 4) is 0 Å². The lowest BCUT2D eigenvalue weighted by molar-refractivity contribution is -0.132. The number of benzene rings is 2. The van der Waals surface area contributed by atoms with E-state index in [2.05, 4.69) is 21.0 Å². The zero-order chi connectivity index (χ0) is 35.1. The highest BCUT2D eigenvalue weighted by molar-refractivity contribution is 8.25. The molecule has 3 heterocycles. The molecule has 0 aromatic heterocycles. The smallest absolute Gasteiger partial charge is 0.237 e. The number of carbonyl (C=O) groups excluding carboxylic acids is 2. The maximum atomic E-state index is 13.8. The number of nitrogens with zero attached hydrogens (tertiary/aromatic N) is 5. The van der Waals surface area contributed by atoms with Gasteiger partial charge in [-0.3, -0.25) is 23.7 Å². The number of hydrogen-bond acceptors (Lipinski definition) is 7. The summed E-state index contributed by atoms with van der Waals surface area (Å²) in [5, 5.41) is 8.96. The maximum Gasteiger partial charge on any atom is 0.237 e. The van der Waals surface area contributed by atoms with E-state index >= 15 is 0 Å². The third kappa shape index (κ3) is 8.58. The van der Waals surface area contributed by atoms with Gasteiger partial charge in [-0.05, 0) is 68.5 Å². The highest BCUT2D eigenvalue weighted by atomic mass is 32.3. The topological polar surface area (TPSA) is 177 Å². The van der Waals surface area contributed by atoms with E-state index in [1.165, 1.54) is 11.9 Å². The normalized spacial score (nSPS) is 24.8. The van der Waals surface area contributed by atoms with Gasteiger partial charge in [-0.1, -0.05) is 30.3 Å². The Hall–Kier alpha value is -4.04. The number of nitrogens with two attached hydrogens (primary N) is 2. The molecule has 2 aromatic rings. The Kier molecular flexibility index (Phi) is 11.9. The van der Waals surface area contributed by atoms with Gasteiger partial charge in [-0.2, -0.15) is 0 Å². The lowest BCUT2D eigenvalue weighted by atomic mass is 9.90. The van der Waals surface area contributed by atoms with Crippen LogP contribution in [0.4, 0.5) is 11.4 Å². The molecule has 12 nitrogen and oxygen atoms in total. The van der Waals surface area contributed by atoms with E-state index in [1.54, 1.807) is 25.1 Å². The van der Waals surface area contributed by atoms with Gasteiger partial charge in [0.05, 0.1) is 31.1 Å². The van der Waals surface area contributed by atoms with E-state index in [0.29, 0.717) is 80.0 Å². The Balaban J connectivity index is 1.15. The zero-order valence-corrected chi connectivity index (χ0v) is 29.7. The zero-order valence-electron chi connectivity index (χ0n) is 28.9. The van der Waals surface area contributed by atoms with Gasteiger partial charge in [0.25, 0.3) is 0 Å². The molecule has 0 bridgehead atoms. The molecule has 2 fully saturated rings. The Bertz CT molecular complexity index is 1620. The number of aliphatic imine (C=N–C) groups is 2. The van der Waals surface area contributed by atoms with E-state index in [0.717, 1.165) is 36.1 Å². The average molecular weight is 692 g/mol. The summed E-state index contributed by atoms with van der Waals surface area (Å²) in [4.78, 5) is 40.8. The summed E-state index contributed by atoms with van der Waals surface area (Å²) in [6, 6.07) is 13.5. The van der Waals surface area contributed by atoms with Gasteiger partial charge in [0.2, 0.25) is 11.8 Å². The molecule has 2 saturated heterocycles. The van der Waals surface area contributed by atoms with Crippen LogP contribution < -0.4 is 16.4 Å². The lowest BCUT2D eigenvalue weighted by Gasteiger charge is -2.39. The van der Waals surface area contributed by atoms with E-state index < -0.39 is 10.6 Å². The summed E-state index contributed by atoms with van der Waals surface area (Å²) in [7, 11) is 1.46. The summed E-state index contributed by atoms with van der Waals surface area (Å²) in [6.07, 6.45) is 6.46. The van der Waals surface area contributed by atoms with Crippen molar-refractivity contribution in [1.29, 1.82) is 5.41 Å². The van der Waals surface area contributed by atoms with Crippen molar-refractivity contribution in [2.24, 2.45) is 27.6 Å². The second-order valence-corrected chi connectivity index (χ2v) is 15.7. The van der Waals surface area contributed by atoms with Crippen LogP contribution in [-0.2, 0) is 13.8 Å². The average Bonchev–Trinajstić information content (AvgIpc) is 3.60. The van der Waals surface area contributed by atoms with Gasteiger partial charge in [0.15, 0.2) is 0 Å². The summed E-state index contributed by atoms with van der Waals surface area (Å²) >= 11 is 0. The minimum Gasteiger partial charge on any atom is -0.398 e. The molecule has 0 unspecified atom stereocenters. The number of amides is 2. The van der Waals surface area contributed by atoms with Crippen LogP contribution in [0, 0.1) is 17.2 Å². The summed E-state index contributed by atoms with van der Waals surface area (Å²) in [5.74, 6) is 1.64. The molecule has 7 N–H and O–H groups in total. The van der Waals surface area contributed by atoms with Crippen molar-refractivity contribution in [3.63, 3.8) is 0 Å². The number of hydrogen-bond donors (Lipinski definition) is 3. The fourth-order valence-electron chi connectivity index (χ4n) is 6.89. The third-order valence-electron chi connectivity index (χ3n) is 9.95. The summed E-state index contributed by atoms with van der Waals surface area (Å²) < 4.78 is 13.9. The van der Waals surface area contributed by atoms with E-state index in [1.807, 2.05) is 48.2 Å². The first-order valence-electron chi connectivity index (χ1n) is 17.0. The number of likely N-dealkylation sites (tertiary alicyclic amines) is 1. The minimum atomic E-state index is -1.79. The second-order valence-electron chi connectivity index (χ2n) is 12.9. The maximum absolute atomic E-state index is 13.8. The number of anilines is 2. The number of rotatable bonds is 11. The second kappa shape index (κ2) is 16.1. The highest BCUT2D eigenvalue weighted by Gasteiger charge is 2.35. The molecule has 264 valence electrons. The first kappa shape index (κ1) is 36.2. The predicted octanol–water partition coefficient (Wildman–Crippen LogP) is 3.41. The number of amidine groups is 1. The largest absolute Gasteiger partial charge is 0.398 e. The molecule has 0 saturated carbocycles.